The molecule has 1 heteroatoms. The van der Waals surface area contributed by atoms with Crippen molar-refractivity contribution < 1.29 is 4.39 Å². The fourth-order valence-electron chi connectivity index (χ4n) is 1.24. The van der Waals surface area contributed by atoms with Gasteiger partial charge in [-0.15, -0.1) is 0 Å². The van der Waals surface area contributed by atoms with Gasteiger partial charge in [-0.05, 0) is 35.4 Å². The molecule has 2 aromatic rings. The van der Waals surface area contributed by atoms with Gasteiger partial charge in [0, 0.05) is 0 Å². The zero-order valence-electron chi connectivity index (χ0n) is 6.76. The van der Waals surface area contributed by atoms with E-state index in [4.69, 9.17) is 0 Å². The maximum Gasteiger partial charge on any atom is 0.127 e. The van der Waals surface area contributed by atoms with Crippen LogP contribution < -0.4 is 0 Å². The molecule has 0 aromatic heterocycles. The number of halogens is 1. The highest BCUT2D eigenvalue weighted by molar-refractivity contribution is 5.82. The van der Waals surface area contributed by atoms with Gasteiger partial charge in [0.2, 0.25) is 0 Å². The van der Waals surface area contributed by atoms with Crippen LogP contribution in [-0.4, -0.2) is 0 Å². The first-order valence-electron chi connectivity index (χ1n) is 3.84. The van der Waals surface area contributed by atoms with Crippen molar-refractivity contribution in [2.45, 2.75) is 6.92 Å². The van der Waals surface area contributed by atoms with Gasteiger partial charge in [0.1, 0.15) is 5.82 Å². The minimum Gasteiger partial charge on any atom is -0.207 e. The second kappa shape index (κ2) is 2.59. The Morgan fingerprint density at radius 1 is 1.25 bits per heavy atom. The summed E-state index contributed by atoms with van der Waals surface area (Å²) >= 11 is 0. The Kier molecular flexibility index (Phi) is 1.58. The van der Waals surface area contributed by atoms with Crippen LogP contribution in [0.1, 0.15) is 5.56 Å². The lowest BCUT2D eigenvalue weighted by Crippen LogP contribution is -1.82. The lowest BCUT2D eigenvalue weighted by molar-refractivity contribution is 0.620. The molecule has 0 nitrogen and oxygen atoms in total. The molecule has 0 spiro atoms. The first kappa shape index (κ1) is 7.29. The van der Waals surface area contributed by atoms with Crippen LogP contribution in [0.5, 0.6) is 0 Å². The van der Waals surface area contributed by atoms with Crippen LogP contribution >= 0.6 is 0 Å². The van der Waals surface area contributed by atoms with Crippen LogP contribution in [0.15, 0.2) is 30.3 Å². The molecule has 2 rings (SSSR count). The Balaban J connectivity index is 2.84. The fourth-order valence-corrected chi connectivity index (χ4v) is 1.24. The van der Waals surface area contributed by atoms with Crippen molar-refractivity contribution in [3.05, 3.63) is 47.8 Å². The van der Waals surface area contributed by atoms with E-state index in [1.54, 1.807) is 13.0 Å². The number of aryl methyl sites for hydroxylation is 1. The molecular weight excluding hydrogens is 151 g/mol. The van der Waals surface area contributed by atoms with Crippen molar-refractivity contribution in [1.29, 1.82) is 0 Å². The third kappa shape index (κ3) is 1.07. The van der Waals surface area contributed by atoms with Crippen LogP contribution in [0, 0.1) is 18.8 Å². The average Bonchev–Trinajstić information content (AvgIpc) is 2.07. The molecule has 59 valence electrons. The summed E-state index contributed by atoms with van der Waals surface area (Å²) < 4.78 is 13.0. The zero-order valence-corrected chi connectivity index (χ0v) is 6.76. The van der Waals surface area contributed by atoms with Gasteiger partial charge < -0.3 is 0 Å². The van der Waals surface area contributed by atoms with Gasteiger partial charge >= 0.3 is 0 Å². The van der Waals surface area contributed by atoms with E-state index < -0.39 is 0 Å². The van der Waals surface area contributed by atoms with E-state index in [9.17, 15) is 4.39 Å². The predicted octanol–water partition coefficient (Wildman–Crippen LogP) is 3.09. The van der Waals surface area contributed by atoms with E-state index in [1.807, 2.05) is 24.3 Å². The SMILES string of the molecule is Cc1[c]c2ccccc2cc1F. The molecule has 0 atom stereocenters. The molecule has 0 aliphatic heterocycles. The number of benzene rings is 2. The molecule has 0 unspecified atom stereocenters. The maximum absolute atomic E-state index is 13.0. The van der Waals surface area contributed by atoms with Crippen LogP contribution in [0.4, 0.5) is 4.39 Å². The molecule has 2 aromatic carbocycles. The fraction of sp³-hybridized carbons (Fsp3) is 0.0909. The summed E-state index contributed by atoms with van der Waals surface area (Å²) in [6.07, 6.45) is 0. The highest BCUT2D eigenvalue weighted by atomic mass is 19.1. The van der Waals surface area contributed by atoms with Crippen LogP contribution in [0.25, 0.3) is 10.8 Å². The third-order valence-electron chi connectivity index (χ3n) is 1.92. The third-order valence-corrected chi connectivity index (χ3v) is 1.92. The molecule has 0 bridgehead atoms. The Hall–Kier alpha value is -1.37. The van der Waals surface area contributed by atoms with Crippen molar-refractivity contribution >= 4 is 10.8 Å². The molecule has 0 fully saturated rings. The predicted molar refractivity (Wildman–Crippen MR) is 47.5 cm³/mol. The minimum atomic E-state index is -0.186. The Morgan fingerprint density at radius 3 is 2.83 bits per heavy atom. The summed E-state index contributed by atoms with van der Waals surface area (Å²) in [5.74, 6) is -0.186. The summed E-state index contributed by atoms with van der Waals surface area (Å²) in [6, 6.07) is 12.2. The summed E-state index contributed by atoms with van der Waals surface area (Å²) in [7, 11) is 0. The minimum absolute atomic E-state index is 0.186. The van der Waals surface area contributed by atoms with E-state index in [-0.39, 0.29) is 5.82 Å². The number of rotatable bonds is 0. The molecule has 0 saturated carbocycles. The van der Waals surface area contributed by atoms with Crippen LogP contribution in [0.2, 0.25) is 0 Å². The van der Waals surface area contributed by atoms with Crippen molar-refractivity contribution in [2.75, 3.05) is 0 Å². The van der Waals surface area contributed by atoms with Crippen molar-refractivity contribution in [1.82, 2.24) is 0 Å². The zero-order chi connectivity index (χ0) is 8.55. The van der Waals surface area contributed by atoms with Gasteiger partial charge in [-0.1, -0.05) is 24.3 Å². The van der Waals surface area contributed by atoms with Crippen LogP contribution in [0.3, 0.4) is 0 Å². The summed E-state index contributed by atoms with van der Waals surface area (Å²) in [5, 5.41) is 1.87. The number of hydrogen-bond donors (Lipinski definition) is 0. The molecule has 12 heavy (non-hydrogen) atoms. The summed E-state index contributed by atoms with van der Waals surface area (Å²) in [5.41, 5.74) is 0.578. The quantitative estimate of drug-likeness (QED) is 0.554. The lowest BCUT2D eigenvalue weighted by atomic mass is 10.1. The molecule has 0 N–H and O–H groups in total. The first-order chi connectivity index (χ1) is 5.77. The van der Waals surface area contributed by atoms with E-state index >= 15 is 0 Å². The highest BCUT2D eigenvalue weighted by Crippen LogP contribution is 2.17. The monoisotopic (exact) mass is 159 g/mol. The highest BCUT2D eigenvalue weighted by Gasteiger charge is 1.99. The second-order valence-electron chi connectivity index (χ2n) is 2.83. The first-order valence-corrected chi connectivity index (χ1v) is 3.84. The molecule has 0 saturated heterocycles. The lowest BCUT2D eigenvalue weighted by Gasteiger charge is -1.99. The van der Waals surface area contributed by atoms with Gasteiger partial charge in [0.15, 0.2) is 0 Å². The van der Waals surface area contributed by atoms with Gasteiger partial charge in [0.05, 0.1) is 0 Å². The summed E-state index contributed by atoms with van der Waals surface area (Å²) in [6.45, 7) is 1.72. The largest absolute Gasteiger partial charge is 0.207 e. The van der Waals surface area contributed by atoms with Gasteiger partial charge in [-0.3, -0.25) is 0 Å². The topological polar surface area (TPSA) is 0 Å². The Morgan fingerprint density at radius 2 is 2.00 bits per heavy atom. The van der Waals surface area contributed by atoms with Crippen LogP contribution in [-0.2, 0) is 0 Å². The Labute approximate surface area is 70.6 Å². The van der Waals surface area contributed by atoms with Gasteiger partial charge in [0.25, 0.3) is 0 Å². The standard InChI is InChI=1S/C11H8F/c1-8-6-9-4-2-3-5-10(9)7-11(8)12/h2-5,7H,1H3. The maximum atomic E-state index is 13.0. The average molecular weight is 159 g/mol. The summed E-state index contributed by atoms with van der Waals surface area (Å²) in [4.78, 5) is 0. The van der Waals surface area contributed by atoms with Crippen molar-refractivity contribution in [3.8, 4) is 0 Å². The molecule has 0 aliphatic carbocycles. The smallest absolute Gasteiger partial charge is 0.127 e. The molecule has 0 aliphatic rings. The van der Waals surface area contributed by atoms with E-state index in [0.29, 0.717) is 5.56 Å². The molecular formula is C11H8F. The molecule has 1 radical (unpaired) electrons. The molecule has 0 heterocycles. The van der Waals surface area contributed by atoms with Gasteiger partial charge in [-0.2, -0.15) is 0 Å². The second-order valence-corrected chi connectivity index (χ2v) is 2.83. The van der Waals surface area contributed by atoms with E-state index in [2.05, 4.69) is 6.07 Å². The normalized spacial score (nSPS) is 10.5. The van der Waals surface area contributed by atoms with E-state index in [1.165, 1.54) is 0 Å². The number of fused-ring (bicyclic) bond motifs is 1. The van der Waals surface area contributed by atoms with Crippen molar-refractivity contribution in [3.63, 3.8) is 0 Å². The van der Waals surface area contributed by atoms with E-state index in [0.717, 1.165) is 10.8 Å². The Bertz CT molecular complexity index is 378. The van der Waals surface area contributed by atoms with Crippen molar-refractivity contribution in [2.24, 2.45) is 0 Å². The number of hydrogen-bond acceptors (Lipinski definition) is 0. The molecule has 0 amide bonds. The van der Waals surface area contributed by atoms with Gasteiger partial charge in [-0.25, -0.2) is 4.39 Å².